The van der Waals surface area contributed by atoms with Gasteiger partial charge in [-0.1, -0.05) is 0 Å². The standard InChI is InChI=1S/C2H5N.2Na.2H/c1-2-3-1;;;;/h3H,1-2H2;;;;/q;2*+1;2*-1. The van der Waals surface area contributed by atoms with Gasteiger partial charge in [0.05, 0.1) is 0 Å². The molecule has 5 heavy (non-hydrogen) atoms. The predicted molar refractivity (Wildman–Crippen MR) is 15.1 cm³/mol. The van der Waals surface area contributed by atoms with Gasteiger partial charge in [-0.05, 0) is 0 Å². The van der Waals surface area contributed by atoms with Crippen molar-refractivity contribution in [2.75, 3.05) is 13.1 Å². The fourth-order valence-corrected chi connectivity index (χ4v) is 0. The second-order valence-corrected chi connectivity index (χ2v) is 0.750. The third-order valence-electron chi connectivity index (χ3n) is 0.250. The second-order valence-electron chi connectivity index (χ2n) is 0.750. The molecule has 1 aliphatic rings. The van der Waals surface area contributed by atoms with E-state index in [1.165, 1.54) is 13.1 Å². The summed E-state index contributed by atoms with van der Waals surface area (Å²) in [5.74, 6) is 0. The largest absolute Gasteiger partial charge is 1.00 e. The molecule has 1 rings (SSSR count). The summed E-state index contributed by atoms with van der Waals surface area (Å²) in [6, 6.07) is 0. The average Bonchev–Trinajstić information content (AvgIpc) is 1.46. The summed E-state index contributed by atoms with van der Waals surface area (Å²) < 4.78 is 0. The summed E-state index contributed by atoms with van der Waals surface area (Å²) in [6.45, 7) is 2.50. The minimum atomic E-state index is 0. The minimum Gasteiger partial charge on any atom is -1.00 e. The summed E-state index contributed by atoms with van der Waals surface area (Å²) in [5, 5.41) is 3.00. The van der Waals surface area contributed by atoms with Gasteiger partial charge in [-0.2, -0.15) is 0 Å². The SMILES string of the molecule is C1CN1.[H-].[H-].[Na+].[Na+]. The van der Waals surface area contributed by atoms with E-state index in [1.54, 1.807) is 0 Å². The van der Waals surface area contributed by atoms with E-state index in [9.17, 15) is 0 Å². The molecule has 0 unspecified atom stereocenters. The van der Waals surface area contributed by atoms with Gasteiger partial charge in [-0.25, -0.2) is 0 Å². The van der Waals surface area contributed by atoms with Gasteiger partial charge in [0, 0.05) is 13.1 Å². The molecule has 0 saturated carbocycles. The van der Waals surface area contributed by atoms with Gasteiger partial charge in [0.15, 0.2) is 0 Å². The van der Waals surface area contributed by atoms with Crippen molar-refractivity contribution in [2.45, 2.75) is 0 Å². The Labute approximate surface area is 79.4 Å². The maximum atomic E-state index is 3.00. The molecule has 1 saturated heterocycles. The van der Waals surface area contributed by atoms with Crippen molar-refractivity contribution >= 4 is 0 Å². The Morgan fingerprint density at radius 3 is 1.40 bits per heavy atom. The molecular weight excluding hydrogens is 84.0 g/mol. The van der Waals surface area contributed by atoms with Crippen LogP contribution in [0.3, 0.4) is 0 Å². The Morgan fingerprint density at radius 1 is 1.20 bits per heavy atom. The molecule has 3 heteroatoms. The zero-order valence-electron chi connectivity index (χ0n) is 5.91. The molecule has 1 nitrogen and oxygen atoms in total. The summed E-state index contributed by atoms with van der Waals surface area (Å²) in [6.07, 6.45) is 0. The normalized spacial score (nSPS) is 14.4. The first-order valence-electron chi connectivity index (χ1n) is 1.21. The van der Waals surface area contributed by atoms with E-state index in [4.69, 9.17) is 0 Å². The third kappa shape index (κ3) is 10.7. The maximum absolute atomic E-state index is 3.00. The van der Waals surface area contributed by atoms with Gasteiger partial charge >= 0.3 is 59.1 Å². The van der Waals surface area contributed by atoms with Crippen LogP contribution in [-0.4, -0.2) is 13.1 Å². The van der Waals surface area contributed by atoms with Crippen molar-refractivity contribution < 1.29 is 62.0 Å². The molecule has 0 atom stereocenters. The van der Waals surface area contributed by atoms with E-state index in [0.717, 1.165) is 0 Å². The molecule has 0 aromatic heterocycles. The van der Waals surface area contributed by atoms with E-state index in [0.29, 0.717) is 0 Å². The molecule has 0 bridgehead atoms. The van der Waals surface area contributed by atoms with Gasteiger partial charge in [0.25, 0.3) is 0 Å². The smallest absolute Gasteiger partial charge is 1.00 e. The van der Waals surface area contributed by atoms with Crippen molar-refractivity contribution in [3.05, 3.63) is 0 Å². The first kappa shape index (κ1) is 10.0. The van der Waals surface area contributed by atoms with Gasteiger partial charge in [-0.3, -0.25) is 0 Å². The van der Waals surface area contributed by atoms with Crippen LogP contribution in [0.2, 0.25) is 0 Å². The van der Waals surface area contributed by atoms with Gasteiger partial charge in [-0.15, -0.1) is 0 Å². The molecule has 0 aromatic carbocycles. The molecule has 0 radical (unpaired) electrons. The zero-order valence-corrected chi connectivity index (χ0v) is 7.91. The van der Waals surface area contributed by atoms with Crippen LogP contribution in [0.5, 0.6) is 0 Å². The van der Waals surface area contributed by atoms with Crippen molar-refractivity contribution in [1.82, 2.24) is 5.32 Å². The number of hydrogen-bond donors (Lipinski definition) is 1. The van der Waals surface area contributed by atoms with E-state index < -0.39 is 0 Å². The summed E-state index contributed by atoms with van der Waals surface area (Å²) in [5.41, 5.74) is 0. The monoisotopic (exact) mass is 91.0 g/mol. The molecule has 1 aliphatic heterocycles. The molecule has 0 aromatic rings. The molecule has 0 spiro atoms. The summed E-state index contributed by atoms with van der Waals surface area (Å²) >= 11 is 0. The first-order chi connectivity index (χ1) is 1.50. The van der Waals surface area contributed by atoms with Crippen LogP contribution in [0, 0.1) is 0 Å². The molecule has 22 valence electrons. The van der Waals surface area contributed by atoms with Crippen LogP contribution in [0.4, 0.5) is 0 Å². The summed E-state index contributed by atoms with van der Waals surface area (Å²) in [4.78, 5) is 0. The fraction of sp³-hybridized carbons (Fsp3) is 1.00. The van der Waals surface area contributed by atoms with Crippen LogP contribution in [-0.2, 0) is 0 Å². The van der Waals surface area contributed by atoms with Crippen molar-refractivity contribution in [3.8, 4) is 0 Å². The van der Waals surface area contributed by atoms with Crippen LogP contribution >= 0.6 is 0 Å². The van der Waals surface area contributed by atoms with E-state index >= 15 is 0 Å². The minimum absolute atomic E-state index is 0. The number of rotatable bonds is 0. The van der Waals surface area contributed by atoms with E-state index in [2.05, 4.69) is 5.32 Å². The number of hydrogen-bond acceptors (Lipinski definition) is 1. The molecular formula is C2H7NNa2. The van der Waals surface area contributed by atoms with E-state index in [1.807, 2.05) is 0 Å². The Morgan fingerprint density at radius 2 is 1.40 bits per heavy atom. The predicted octanol–water partition coefficient (Wildman–Crippen LogP) is -6.18. The topological polar surface area (TPSA) is 21.9 Å². The zero-order chi connectivity index (χ0) is 2.12. The average molecular weight is 91.1 g/mol. The maximum Gasteiger partial charge on any atom is 1.00 e. The van der Waals surface area contributed by atoms with Crippen molar-refractivity contribution in [2.24, 2.45) is 0 Å². The van der Waals surface area contributed by atoms with Crippen LogP contribution in [0.15, 0.2) is 0 Å². The second kappa shape index (κ2) is 5.96. The third-order valence-corrected chi connectivity index (χ3v) is 0.250. The Hall–Kier alpha value is 1.96. The van der Waals surface area contributed by atoms with Crippen molar-refractivity contribution in [1.29, 1.82) is 0 Å². The molecule has 1 heterocycles. The van der Waals surface area contributed by atoms with Crippen molar-refractivity contribution in [3.63, 3.8) is 0 Å². The van der Waals surface area contributed by atoms with Crippen LogP contribution < -0.4 is 64.4 Å². The van der Waals surface area contributed by atoms with Gasteiger partial charge < -0.3 is 8.17 Å². The van der Waals surface area contributed by atoms with Gasteiger partial charge in [0.2, 0.25) is 0 Å². The summed E-state index contributed by atoms with van der Waals surface area (Å²) in [7, 11) is 0. The number of nitrogens with one attached hydrogen (secondary N) is 1. The Balaban J connectivity index is -0.0000000112. The first-order valence-corrected chi connectivity index (χ1v) is 1.21. The quantitative estimate of drug-likeness (QED) is 0.232. The molecule has 1 N–H and O–H groups in total. The van der Waals surface area contributed by atoms with Crippen LogP contribution in [0.25, 0.3) is 0 Å². The van der Waals surface area contributed by atoms with Crippen LogP contribution in [0.1, 0.15) is 2.85 Å². The Kier molecular flexibility index (Phi) is 12.0. The molecule has 1 fully saturated rings. The Bertz CT molecular complexity index is 18.4. The van der Waals surface area contributed by atoms with Gasteiger partial charge in [0.1, 0.15) is 0 Å². The van der Waals surface area contributed by atoms with E-state index in [-0.39, 0.29) is 62.0 Å². The molecule has 0 amide bonds. The molecule has 0 aliphatic carbocycles. The fourth-order valence-electron chi connectivity index (χ4n) is 0.